The molecule has 0 spiro atoms. The number of alkyl halides is 1. The number of nitrogens with one attached hydrogen (secondary N) is 4. The normalized spacial score (nSPS) is 39.8. The lowest BCUT2D eigenvalue weighted by Crippen LogP contribution is -2.66. The second-order valence-electron chi connectivity index (χ2n) is 12.9. The molecule has 2 saturated heterocycles. The number of fused-ring (bicyclic) bond motifs is 1. The zero-order chi connectivity index (χ0) is 29.4. The minimum atomic E-state index is -0.141. The van der Waals surface area contributed by atoms with Crippen LogP contribution in [0.4, 0.5) is 0 Å². The van der Waals surface area contributed by atoms with Crippen LogP contribution in [0.5, 0.6) is 0 Å². The number of carbonyl (C=O) groups excluding carboxylic acids is 1. The molecule has 0 aromatic carbocycles. The molecule has 9 nitrogen and oxygen atoms in total. The van der Waals surface area contributed by atoms with Crippen LogP contribution >= 0.6 is 11.6 Å². The molecule has 10 heteroatoms. The minimum Gasteiger partial charge on any atom is -0.376 e. The molecule has 2 saturated carbocycles. The molecule has 0 aromatic rings. The molecular formula is C31H53ClN6O3. The van der Waals surface area contributed by atoms with Gasteiger partial charge in [0.15, 0.2) is 0 Å². The van der Waals surface area contributed by atoms with Gasteiger partial charge in [-0.15, -0.1) is 11.6 Å². The zero-order valence-electron chi connectivity index (χ0n) is 25.5. The molecule has 4 aliphatic rings. The number of rotatable bonds is 11. The third-order valence-corrected chi connectivity index (χ3v) is 10.1. The fourth-order valence-electron chi connectivity index (χ4n) is 7.31. The maximum absolute atomic E-state index is 12.8. The third-order valence-electron chi connectivity index (χ3n) is 9.65. The third kappa shape index (κ3) is 9.12. The van der Waals surface area contributed by atoms with E-state index in [0.29, 0.717) is 31.7 Å². The van der Waals surface area contributed by atoms with E-state index in [1.165, 1.54) is 12.8 Å². The maximum Gasteiger partial charge on any atom is 0.244 e. The van der Waals surface area contributed by atoms with Gasteiger partial charge in [0.05, 0.1) is 42.2 Å². The van der Waals surface area contributed by atoms with Crippen molar-refractivity contribution < 1.29 is 14.3 Å². The molecule has 4 rings (SSSR count). The molecule has 1 amide bonds. The SMILES string of the molecule is CCOC1CC2NCC(C#N)C(NC3CCC(OCC4NCCCC4C)C(Cl)C3)C2CC1NC(=O)/C=C/CN(C)C. The van der Waals surface area contributed by atoms with Gasteiger partial charge in [-0.1, -0.05) is 13.0 Å². The molecular weight excluding hydrogens is 540 g/mol. The highest BCUT2D eigenvalue weighted by Crippen LogP contribution is 2.36. The van der Waals surface area contributed by atoms with Crippen molar-refractivity contribution in [2.75, 3.05) is 46.9 Å². The molecule has 0 aromatic heterocycles. The molecule has 11 atom stereocenters. The summed E-state index contributed by atoms with van der Waals surface area (Å²) in [6.07, 6.45) is 10.3. The number of hydrogen-bond donors (Lipinski definition) is 4. The fourth-order valence-corrected chi connectivity index (χ4v) is 7.73. The van der Waals surface area contributed by atoms with Crippen LogP contribution in [0.2, 0.25) is 0 Å². The summed E-state index contributed by atoms with van der Waals surface area (Å²) in [6, 6.07) is 3.40. The fraction of sp³-hybridized carbons (Fsp3) is 0.871. The molecule has 41 heavy (non-hydrogen) atoms. The van der Waals surface area contributed by atoms with Gasteiger partial charge in [0, 0.05) is 49.9 Å². The predicted octanol–water partition coefficient (Wildman–Crippen LogP) is 2.41. The van der Waals surface area contributed by atoms with E-state index in [-0.39, 0.29) is 59.5 Å². The second kappa shape index (κ2) is 16.0. The average Bonchev–Trinajstić information content (AvgIpc) is 2.94. The van der Waals surface area contributed by atoms with Gasteiger partial charge >= 0.3 is 0 Å². The van der Waals surface area contributed by atoms with E-state index < -0.39 is 0 Å². The van der Waals surface area contributed by atoms with E-state index in [1.54, 1.807) is 6.08 Å². The van der Waals surface area contributed by atoms with Crippen molar-refractivity contribution in [2.45, 2.75) is 107 Å². The Labute approximate surface area is 252 Å². The summed E-state index contributed by atoms with van der Waals surface area (Å²) in [4.78, 5) is 14.8. The van der Waals surface area contributed by atoms with Gasteiger partial charge in [-0.2, -0.15) is 5.26 Å². The standard InChI is InChI=1S/C31H53ClN6O3/c1-5-40-29-16-25-23(15-26(29)37-30(39)9-7-13-38(3)4)31(21(17-33)18-35-25)36-22-10-11-28(24(32)14-22)41-19-27-20(2)8-6-12-34-27/h7,9,20-29,31,34-36H,5-6,8,10-16,18-19H2,1-4H3,(H,37,39)/b9-7+. The quantitative estimate of drug-likeness (QED) is 0.214. The highest BCUT2D eigenvalue weighted by Gasteiger charge is 2.47. The molecule has 0 bridgehead atoms. The number of ether oxygens (including phenoxy) is 2. The van der Waals surface area contributed by atoms with Crippen molar-refractivity contribution in [2.24, 2.45) is 17.8 Å². The summed E-state index contributed by atoms with van der Waals surface area (Å²) in [6.45, 7) is 8.07. The monoisotopic (exact) mass is 592 g/mol. The lowest BCUT2D eigenvalue weighted by atomic mass is 9.69. The molecule has 11 unspecified atom stereocenters. The Bertz CT molecular complexity index is 900. The van der Waals surface area contributed by atoms with Gasteiger partial charge in [0.1, 0.15) is 0 Å². The Kier molecular flexibility index (Phi) is 12.7. The Morgan fingerprint density at radius 1 is 1.15 bits per heavy atom. The molecule has 4 N–H and O–H groups in total. The number of halogens is 1. The summed E-state index contributed by atoms with van der Waals surface area (Å²) < 4.78 is 12.5. The van der Waals surface area contributed by atoms with Crippen molar-refractivity contribution in [1.82, 2.24) is 26.2 Å². The van der Waals surface area contributed by atoms with Crippen LogP contribution in [-0.2, 0) is 14.3 Å². The molecule has 2 aliphatic heterocycles. The first-order chi connectivity index (χ1) is 19.8. The first kappa shape index (κ1) is 32.7. The topological polar surface area (TPSA) is 111 Å². The first-order valence-corrected chi connectivity index (χ1v) is 16.3. The molecule has 232 valence electrons. The van der Waals surface area contributed by atoms with Crippen molar-refractivity contribution in [3.8, 4) is 6.07 Å². The number of likely N-dealkylation sites (N-methyl/N-ethyl adjacent to an activating group) is 1. The van der Waals surface area contributed by atoms with Gasteiger partial charge in [0.2, 0.25) is 5.91 Å². The van der Waals surface area contributed by atoms with Crippen LogP contribution in [0.25, 0.3) is 0 Å². The second-order valence-corrected chi connectivity index (χ2v) is 13.5. The summed E-state index contributed by atoms with van der Waals surface area (Å²) in [5, 5.41) is 24.4. The van der Waals surface area contributed by atoms with E-state index in [1.807, 2.05) is 32.0 Å². The number of hydrogen-bond acceptors (Lipinski definition) is 8. The van der Waals surface area contributed by atoms with Crippen LogP contribution in [-0.4, -0.2) is 106 Å². The predicted molar refractivity (Wildman–Crippen MR) is 163 cm³/mol. The summed E-state index contributed by atoms with van der Waals surface area (Å²) in [5.74, 6) is 0.610. The van der Waals surface area contributed by atoms with Crippen LogP contribution in [0.15, 0.2) is 12.2 Å². The number of piperidine rings is 2. The van der Waals surface area contributed by atoms with Gasteiger partial charge in [-0.05, 0) is 84.3 Å². The van der Waals surface area contributed by atoms with Crippen molar-refractivity contribution in [3.05, 3.63) is 12.2 Å². The van der Waals surface area contributed by atoms with Crippen LogP contribution in [0, 0.1) is 29.1 Å². The summed E-state index contributed by atoms with van der Waals surface area (Å²) >= 11 is 6.92. The van der Waals surface area contributed by atoms with Crippen molar-refractivity contribution >= 4 is 17.5 Å². The lowest BCUT2D eigenvalue weighted by molar-refractivity contribution is -0.120. The molecule has 4 fully saturated rings. The Hall–Kier alpha value is -1.25. The number of amides is 1. The van der Waals surface area contributed by atoms with E-state index in [2.05, 4.69) is 34.3 Å². The average molecular weight is 593 g/mol. The van der Waals surface area contributed by atoms with E-state index in [9.17, 15) is 10.1 Å². The van der Waals surface area contributed by atoms with E-state index in [0.717, 1.165) is 45.3 Å². The van der Waals surface area contributed by atoms with Gasteiger partial charge < -0.3 is 35.6 Å². The Morgan fingerprint density at radius 3 is 2.68 bits per heavy atom. The Balaban J connectivity index is 1.36. The number of nitriles is 1. The molecule has 2 heterocycles. The molecule has 0 radical (unpaired) electrons. The van der Waals surface area contributed by atoms with E-state index >= 15 is 0 Å². The van der Waals surface area contributed by atoms with Gasteiger partial charge in [-0.25, -0.2) is 0 Å². The van der Waals surface area contributed by atoms with Gasteiger partial charge in [0.25, 0.3) is 0 Å². The first-order valence-electron chi connectivity index (χ1n) is 15.9. The maximum atomic E-state index is 12.8. The van der Waals surface area contributed by atoms with Crippen LogP contribution in [0.1, 0.15) is 58.8 Å². The Morgan fingerprint density at radius 2 is 1.98 bits per heavy atom. The summed E-state index contributed by atoms with van der Waals surface area (Å²) in [5.41, 5.74) is 0. The van der Waals surface area contributed by atoms with Crippen molar-refractivity contribution in [3.63, 3.8) is 0 Å². The minimum absolute atomic E-state index is 0.0381. The van der Waals surface area contributed by atoms with Crippen LogP contribution in [0.3, 0.4) is 0 Å². The highest BCUT2D eigenvalue weighted by atomic mass is 35.5. The summed E-state index contributed by atoms with van der Waals surface area (Å²) in [7, 11) is 3.95. The largest absolute Gasteiger partial charge is 0.376 e. The number of nitrogens with zero attached hydrogens (tertiary/aromatic N) is 2. The van der Waals surface area contributed by atoms with Crippen LogP contribution < -0.4 is 21.3 Å². The molecule has 2 aliphatic carbocycles. The zero-order valence-corrected chi connectivity index (χ0v) is 26.2. The van der Waals surface area contributed by atoms with Gasteiger partial charge in [-0.3, -0.25) is 4.79 Å². The van der Waals surface area contributed by atoms with E-state index in [4.69, 9.17) is 21.1 Å². The number of carbonyl (C=O) groups is 1. The lowest BCUT2D eigenvalue weighted by Gasteiger charge is -2.50. The smallest absolute Gasteiger partial charge is 0.244 e. The van der Waals surface area contributed by atoms with Crippen molar-refractivity contribution in [1.29, 1.82) is 5.26 Å². The highest BCUT2D eigenvalue weighted by molar-refractivity contribution is 6.21.